The van der Waals surface area contributed by atoms with Gasteiger partial charge in [0.2, 0.25) is 17.7 Å². The van der Waals surface area contributed by atoms with E-state index in [9.17, 15) is 18.0 Å². The number of sulfonamides is 1. The summed E-state index contributed by atoms with van der Waals surface area (Å²) in [6.07, 6.45) is 5.16. The third kappa shape index (κ3) is 7.03. The molecule has 2 aromatic heterocycles. The molecule has 272 valence electrons. The lowest BCUT2D eigenvalue weighted by Gasteiger charge is -2.35. The Labute approximate surface area is 304 Å². The first-order valence-corrected chi connectivity index (χ1v) is 19.0. The highest BCUT2D eigenvalue weighted by atomic mass is 32.2. The van der Waals surface area contributed by atoms with Crippen LogP contribution in [0.15, 0.2) is 65.8 Å². The number of nitrogens with zero attached hydrogens (tertiary/aromatic N) is 7. The number of rotatable bonds is 5. The van der Waals surface area contributed by atoms with E-state index in [-0.39, 0.29) is 64.8 Å². The molecule has 2 saturated heterocycles. The van der Waals surface area contributed by atoms with Crippen molar-refractivity contribution in [3.63, 3.8) is 0 Å². The number of hydrogen-bond acceptors (Lipinski definition) is 10. The number of ether oxygens (including phenoxy) is 1. The van der Waals surface area contributed by atoms with Crippen molar-refractivity contribution in [3.8, 4) is 17.1 Å². The SMILES string of the molecule is Cc1cccc(C)c1-c1cc2nc(n1)NS(=O)(=O)c1cccc(c1)C(=O)N(Cc1cncc(N3CC[C@H]4C3CC(=O)N4C)n1)[C@H](CC(C)(C)C)CO2. The Balaban J connectivity index is 1.30. The number of amides is 2. The fourth-order valence-corrected chi connectivity index (χ4v) is 8.65. The summed E-state index contributed by atoms with van der Waals surface area (Å²) in [5.74, 6) is 0.429. The second kappa shape index (κ2) is 13.5. The van der Waals surface area contributed by atoms with Crippen LogP contribution in [0.2, 0.25) is 0 Å². The summed E-state index contributed by atoms with van der Waals surface area (Å²) >= 11 is 0. The molecule has 3 aliphatic heterocycles. The number of likely N-dealkylation sites (tertiary alicyclic amines) is 1. The van der Waals surface area contributed by atoms with Crippen LogP contribution in [0.3, 0.4) is 0 Å². The maximum atomic E-state index is 14.6. The van der Waals surface area contributed by atoms with Crippen LogP contribution in [-0.4, -0.2) is 88.3 Å². The molecule has 5 heterocycles. The highest BCUT2D eigenvalue weighted by Crippen LogP contribution is 2.35. The Morgan fingerprint density at radius 3 is 2.46 bits per heavy atom. The molecular formula is C38H44N8O5S. The molecule has 3 aliphatic rings. The zero-order chi connectivity index (χ0) is 36.9. The molecule has 2 amide bonds. The molecule has 0 aliphatic carbocycles. The molecule has 4 bridgehead atoms. The number of benzene rings is 2. The van der Waals surface area contributed by atoms with Gasteiger partial charge in [-0.1, -0.05) is 45.0 Å². The van der Waals surface area contributed by atoms with Crippen LogP contribution in [0.1, 0.15) is 67.2 Å². The summed E-state index contributed by atoms with van der Waals surface area (Å²) in [4.78, 5) is 51.3. The van der Waals surface area contributed by atoms with E-state index >= 15 is 0 Å². The number of carbonyl (C=O) groups excluding carboxylic acids is 2. The van der Waals surface area contributed by atoms with Crippen molar-refractivity contribution in [1.82, 2.24) is 29.7 Å². The number of nitrogens with one attached hydrogen (secondary N) is 1. The maximum absolute atomic E-state index is 14.6. The number of fused-ring (bicyclic) bond motifs is 5. The van der Waals surface area contributed by atoms with Gasteiger partial charge in [0.15, 0.2) is 0 Å². The Morgan fingerprint density at radius 1 is 0.962 bits per heavy atom. The summed E-state index contributed by atoms with van der Waals surface area (Å²) in [5.41, 5.74) is 3.81. The molecule has 1 N–H and O–H groups in total. The Kier molecular flexibility index (Phi) is 9.14. The van der Waals surface area contributed by atoms with Crippen molar-refractivity contribution in [3.05, 3.63) is 83.3 Å². The molecule has 52 heavy (non-hydrogen) atoms. The second-order valence-electron chi connectivity index (χ2n) is 15.2. The normalized spacial score (nSPS) is 21.5. The van der Waals surface area contributed by atoms with Crippen LogP contribution >= 0.6 is 0 Å². The summed E-state index contributed by atoms with van der Waals surface area (Å²) in [6, 6.07) is 13.2. The van der Waals surface area contributed by atoms with Crippen LogP contribution in [-0.2, 0) is 21.4 Å². The van der Waals surface area contributed by atoms with Gasteiger partial charge in [-0.3, -0.25) is 14.6 Å². The maximum Gasteiger partial charge on any atom is 0.264 e. The largest absolute Gasteiger partial charge is 0.475 e. The lowest BCUT2D eigenvalue weighted by molar-refractivity contribution is -0.127. The smallest absolute Gasteiger partial charge is 0.264 e. The topological polar surface area (TPSA) is 151 Å². The highest BCUT2D eigenvalue weighted by molar-refractivity contribution is 7.92. The molecular weight excluding hydrogens is 681 g/mol. The molecule has 0 spiro atoms. The van der Waals surface area contributed by atoms with Gasteiger partial charge < -0.3 is 19.4 Å². The quantitative estimate of drug-likeness (QED) is 0.298. The lowest BCUT2D eigenvalue weighted by atomic mass is 9.87. The predicted octanol–water partition coefficient (Wildman–Crippen LogP) is 5.00. The van der Waals surface area contributed by atoms with E-state index in [1.165, 1.54) is 12.1 Å². The average molecular weight is 725 g/mol. The van der Waals surface area contributed by atoms with Gasteiger partial charge in [0.05, 0.1) is 53.3 Å². The first-order valence-electron chi connectivity index (χ1n) is 17.5. The Bertz CT molecular complexity index is 2130. The molecule has 1 unspecified atom stereocenters. The van der Waals surface area contributed by atoms with Gasteiger partial charge in [-0.15, -0.1) is 0 Å². The van der Waals surface area contributed by atoms with E-state index in [0.29, 0.717) is 30.0 Å². The van der Waals surface area contributed by atoms with Crippen LogP contribution < -0.4 is 14.4 Å². The van der Waals surface area contributed by atoms with E-state index in [0.717, 1.165) is 29.7 Å². The predicted molar refractivity (Wildman–Crippen MR) is 196 cm³/mol. The fraction of sp³-hybridized carbons (Fsp3) is 0.421. The van der Waals surface area contributed by atoms with Crippen molar-refractivity contribution >= 4 is 33.6 Å². The van der Waals surface area contributed by atoms with Gasteiger partial charge in [0, 0.05) is 37.2 Å². The number of carbonyl (C=O) groups is 2. The number of anilines is 2. The van der Waals surface area contributed by atoms with E-state index in [1.54, 1.807) is 35.5 Å². The molecule has 3 atom stereocenters. The highest BCUT2D eigenvalue weighted by Gasteiger charge is 2.45. The van der Waals surface area contributed by atoms with Gasteiger partial charge in [-0.05, 0) is 61.4 Å². The molecule has 2 fully saturated rings. The van der Waals surface area contributed by atoms with Gasteiger partial charge in [0.25, 0.3) is 15.9 Å². The monoisotopic (exact) mass is 724 g/mol. The summed E-state index contributed by atoms with van der Waals surface area (Å²) < 4.78 is 36.5. The second-order valence-corrected chi connectivity index (χ2v) is 16.9. The number of aryl methyl sites for hydroxylation is 2. The number of hydrogen-bond donors (Lipinski definition) is 1. The van der Waals surface area contributed by atoms with Crippen LogP contribution in [0, 0.1) is 19.3 Å². The van der Waals surface area contributed by atoms with Crippen molar-refractivity contribution in [1.29, 1.82) is 0 Å². The van der Waals surface area contributed by atoms with Crippen LogP contribution in [0.5, 0.6) is 5.88 Å². The van der Waals surface area contributed by atoms with Crippen LogP contribution in [0.25, 0.3) is 11.3 Å². The zero-order valence-corrected chi connectivity index (χ0v) is 31.1. The first-order chi connectivity index (χ1) is 24.7. The number of aromatic nitrogens is 4. The third-order valence-corrected chi connectivity index (χ3v) is 11.4. The average Bonchev–Trinajstić information content (AvgIpc) is 3.62. The van der Waals surface area contributed by atoms with E-state index in [4.69, 9.17) is 9.72 Å². The van der Waals surface area contributed by atoms with Crippen molar-refractivity contribution < 1.29 is 22.7 Å². The van der Waals surface area contributed by atoms with E-state index in [2.05, 4.69) is 45.3 Å². The minimum absolute atomic E-state index is 0.0145. The van der Waals surface area contributed by atoms with E-state index in [1.807, 2.05) is 44.0 Å². The molecule has 4 aromatic rings. The van der Waals surface area contributed by atoms with Crippen molar-refractivity contribution in [2.75, 3.05) is 29.8 Å². The summed E-state index contributed by atoms with van der Waals surface area (Å²) in [7, 11) is -2.36. The minimum atomic E-state index is -4.21. The van der Waals surface area contributed by atoms with Crippen molar-refractivity contribution in [2.45, 2.75) is 83.4 Å². The zero-order valence-electron chi connectivity index (χ0n) is 30.3. The molecule has 2 aromatic carbocycles. The Hall–Kier alpha value is -5.11. The molecule has 0 radical (unpaired) electrons. The Morgan fingerprint density at radius 2 is 1.71 bits per heavy atom. The molecule has 14 heteroatoms. The fourth-order valence-electron chi connectivity index (χ4n) is 7.66. The lowest BCUT2D eigenvalue weighted by Crippen LogP contribution is -2.45. The molecule has 13 nitrogen and oxygen atoms in total. The minimum Gasteiger partial charge on any atom is -0.475 e. The summed E-state index contributed by atoms with van der Waals surface area (Å²) in [5, 5.41) is 0. The first kappa shape index (κ1) is 35.3. The van der Waals surface area contributed by atoms with E-state index < -0.39 is 16.1 Å². The third-order valence-electron chi connectivity index (χ3n) is 10.1. The van der Waals surface area contributed by atoms with Crippen molar-refractivity contribution in [2.24, 2.45) is 5.41 Å². The van der Waals surface area contributed by atoms with Crippen LogP contribution in [0.4, 0.5) is 11.8 Å². The van der Waals surface area contributed by atoms with Gasteiger partial charge in [0.1, 0.15) is 12.4 Å². The van der Waals surface area contributed by atoms with Gasteiger partial charge in [-0.2, -0.15) is 4.98 Å². The van der Waals surface area contributed by atoms with Gasteiger partial charge >= 0.3 is 0 Å². The standard InChI is InChI=1S/C38H44N8O5S/c1-23-9-7-10-24(2)35(23)29-16-33-42-37(41-29)43-52(49,50)28-12-8-11-25(15-28)36(48)46(27(22-51-33)18-38(3,4)5)21-26-19-39-20-32(40-26)45-14-13-30-31(45)17-34(47)44(30)6/h7-12,15-16,19-20,27,30-31H,13-14,17-18,21-22H2,1-6H3,(H,41,42,43)/t27-,30+,31?/m1/s1. The molecule has 7 rings (SSSR count). The molecule has 0 saturated carbocycles. The number of likely N-dealkylation sites (N-methyl/N-ethyl adjacent to an activating group) is 1. The van der Waals surface area contributed by atoms with Gasteiger partial charge in [-0.25, -0.2) is 23.1 Å². The summed E-state index contributed by atoms with van der Waals surface area (Å²) in [6.45, 7) is 11.1.